The maximum absolute atomic E-state index is 13.6. The quantitative estimate of drug-likeness (QED) is 0.255. The van der Waals surface area contributed by atoms with Crippen molar-refractivity contribution in [2.24, 2.45) is 0 Å². The Morgan fingerprint density at radius 2 is 1.83 bits per heavy atom. The highest BCUT2D eigenvalue weighted by Gasteiger charge is 2.28. The van der Waals surface area contributed by atoms with Gasteiger partial charge in [0.05, 0.1) is 18.8 Å². The largest absolute Gasteiger partial charge is 0.493 e. The molecule has 3 aromatic heterocycles. The van der Waals surface area contributed by atoms with Gasteiger partial charge in [-0.05, 0) is 57.0 Å². The van der Waals surface area contributed by atoms with E-state index >= 15 is 0 Å². The number of rotatable bonds is 11. The molecule has 0 radical (unpaired) electrons. The molecule has 2 N–H and O–H groups in total. The van der Waals surface area contributed by atoms with Gasteiger partial charge in [-0.1, -0.05) is 18.2 Å². The van der Waals surface area contributed by atoms with Crippen molar-refractivity contribution in [2.75, 3.05) is 25.0 Å². The maximum Gasteiger partial charge on any atom is 0.280 e. The Labute approximate surface area is 243 Å². The Hall–Kier alpha value is -4.33. The lowest BCUT2D eigenvalue weighted by Gasteiger charge is -2.19. The zero-order valence-corrected chi connectivity index (χ0v) is 24.2. The van der Waals surface area contributed by atoms with Crippen molar-refractivity contribution in [3.8, 4) is 34.5 Å². The van der Waals surface area contributed by atoms with E-state index in [0.717, 1.165) is 12.8 Å². The van der Waals surface area contributed by atoms with Gasteiger partial charge in [0.15, 0.2) is 28.2 Å². The highest BCUT2D eigenvalue weighted by Crippen LogP contribution is 2.41. The Morgan fingerprint density at radius 3 is 2.48 bits per heavy atom. The van der Waals surface area contributed by atoms with Crippen molar-refractivity contribution >= 4 is 15.8 Å². The van der Waals surface area contributed by atoms with Crippen molar-refractivity contribution in [2.45, 2.75) is 43.4 Å². The molecular weight excluding hydrogens is 562 g/mol. The fourth-order valence-electron chi connectivity index (χ4n) is 4.16. The van der Waals surface area contributed by atoms with Crippen LogP contribution in [0.1, 0.15) is 32.3 Å². The standard InChI is InChI=1S/C29H31N5O7S/c1-29(2,35)20-10-11-24(31-17-20)42(36,37)34-27-25(41-23-9-5-4-8-22(23)38-3)28(40-18-21-7-6-16-39-21)33-26(32-27)19-12-14-30-15-13-19/h4-5,8-15,17,21,35H,6-7,16,18H2,1-3H3,(H,32,33,34). The third kappa shape index (κ3) is 6.75. The minimum atomic E-state index is -4.29. The normalized spacial score (nSPS) is 15.3. The van der Waals surface area contributed by atoms with Gasteiger partial charge in [-0.2, -0.15) is 13.4 Å². The second-order valence-corrected chi connectivity index (χ2v) is 11.6. The van der Waals surface area contributed by atoms with Crippen LogP contribution in [0.5, 0.6) is 23.1 Å². The minimum absolute atomic E-state index is 0.00116. The van der Waals surface area contributed by atoms with Crippen LogP contribution in [0.4, 0.5) is 5.82 Å². The van der Waals surface area contributed by atoms with Crippen LogP contribution in [0.2, 0.25) is 0 Å². The highest BCUT2D eigenvalue weighted by molar-refractivity contribution is 7.92. The summed E-state index contributed by atoms with van der Waals surface area (Å²) in [6.45, 7) is 3.96. The summed E-state index contributed by atoms with van der Waals surface area (Å²) in [6.07, 6.45) is 6.03. The summed E-state index contributed by atoms with van der Waals surface area (Å²) in [5, 5.41) is 9.97. The predicted octanol–water partition coefficient (Wildman–Crippen LogP) is 4.32. The van der Waals surface area contributed by atoms with Gasteiger partial charge in [0.2, 0.25) is 5.75 Å². The third-order valence-corrected chi connectivity index (χ3v) is 7.69. The van der Waals surface area contributed by atoms with Gasteiger partial charge >= 0.3 is 0 Å². The molecule has 220 valence electrons. The summed E-state index contributed by atoms with van der Waals surface area (Å²) < 4.78 is 53.1. The molecule has 1 aromatic carbocycles. The number of pyridine rings is 2. The van der Waals surface area contributed by atoms with Crippen LogP contribution < -0.4 is 18.9 Å². The minimum Gasteiger partial charge on any atom is -0.493 e. The fourth-order valence-corrected chi connectivity index (χ4v) is 5.10. The average molecular weight is 594 g/mol. The molecule has 5 rings (SSSR count). The molecule has 1 unspecified atom stereocenters. The zero-order chi connectivity index (χ0) is 29.7. The van der Waals surface area contributed by atoms with E-state index in [-0.39, 0.29) is 46.8 Å². The van der Waals surface area contributed by atoms with E-state index in [1.54, 1.807) is 62.6 Å². The molecule has 13 heteroatoms. The maximum atomic E-state index is 13.6. The smallest absolute Gasteiger partial charge is 0.280 e. The van der Waals surface area contributed by atoms with Gasteiger partial charge in [0.25, 0.3) is 15.9 Å². The Balaban J connectivity index is 1.61. The van der Waals surface area contributed by atoms with Gasteiger partial charge in [0, 0.05) is 36.3 Å². The summed E-state index contributed by atoms with van der Waals surface area (Å²) in [5.41, 5.74) is -0.169. The first-order valence-electron chi connectivity index (χ1n) is 13.2. The van der Waals surface area contributed by atoms with Crippen LogP contribution in [0, 0.1) is 0 Å². The average Bonchev–Trinajstić information content (AvgIpc) is 3.51. The number of anilines is 1. The number of benzene rings is 1. The van der Waals surface area contributed by atoms with E-state index in [1.807, 2.05) is 0 Å². The number of methoxy groups -OCH3 is 1. The van der Waals surface area contributed by atoms with Crippen molar-refractivity contribution in [3.05, 3.63) is 72.7 Å². The Morgan fingerprint density at radius 1 is 1.07 bits per heavy atom. The molecular formula is C29H31N5O7S. The molecule has 4 heterocycles. The molecule has 42 heavy (non-hydrogen) atoms. The molecule has 0 amide bonds. The topological polar surface area (TPSA) is 155 Å². The fraction of sp³-hybridized carbons (Fsp3) is 0.310. The molecule has 0 saturated carbocycles. The summed E-state index contributed by atoms with van der Waals surface area (Å²) >= 11 is 0. The second kappa shape index (κ2) is 12.3. The SMILES string of the molecule is COc1ccccc1Oc1c(NS(=O)(=O)c2ccc(C(C)(C)O)cn2)nc(-c2ccncc2)nc1OCC1CCCO1. The van der Waals surface area contributed by atoms with E-state index in [2.05, 4.69) is 24.7 Å². The number of aromatic nitrogens is 4. The lowest BCUT2D eigenvalue weighted by atomic mass is 10.0. The van der Waals surface area contributed by atoms with Crippen LogP contribution >= 0.6 is 0 Å². The summed E-state index contributed by atoms with van der Waals surface area (Å²) in [4.78, 5) is 17.2. The molecule has 4 aromatic rings. The van der Waals surface area contributed by atoms with Crippen molar-refractivity contribution in [1.29, 1.82) is 0 Å². The summed E-state index contributed by atoms with van der Waals surface area (Å²) in [7, 11) is -2.80. The molecule has 0 spiro atoms. The lowest BCUT2D eigenvalue weighted by Crippen LogP contribution is -2.20. The van der Waals surface area contributed by atoms with E-state index < -0.39 is 15.6 Å². The predicted molar refractivity (Wildman–Crippen MR) is 153 cm³/mol. The van der Waals surface area contributed by atoms with Gasteiger partial charge < -0.3 is 24.1 Å². The van der Waals surface area contributed by atoms with Gasteiger partial charge in [-0.15, -0.1) is 0 Å². The lowest BCUT2D eigenvalue weighted by molar-refractivity contribution is 0.0654. The van der Waals surface area contributed by atoms with Gasteiger partial charge in [-0.3, -0.25) is 9.71 Å². The second-order valence-electron chi connectivity index (χ2n) is 10.0. The van der Waals surface area contributed by atoms with E-state index in [1.165, 1.54) is 25.4 Å². The molecule has 1 saturated heterocycles. The molecule has 12 nitrogen and oxygen atoms in total. The molecule has 1 atom stereocenters. The van der Waals surface area contributed by atoms with Gasteiger partial charge in [-0.25, -0.2) is 9.97 Å². The molecule has 1 aliphatic rings. The van der Waals surface area contributed by atoms with Gasteiger partial charge in [0.1, 0.15) is 6.61 Å². The molecule has 1 fully saturated rings. The van der Waals surface area contributed by atoms with Crippen LogP contribution in [-0.4, -0.2) is 59.9 Å². The monoisotopic (exact) mass is 593 g/mol. The van der Waals surface area contributed by atoms with E-state index in [9.17, 15) is 13.5 Å². The first-order chi connectivity index (χ1) is 20.1. The Bertz CT molecular complexity index is 1620. The first-order valence-corrected chi connectivity index (χ1v) is 14.7. The van der Waals surface area contributed by atoms with E-state index in [4.69, 9.17) is 18.9 Å². The number of para-hydroxylation sites is 2. The highest BCUT2D eigenvalue weighted by atomic mass is 32.2. The van der Waals surface area contributed by atoms with Crippen LogP contribution in [0.15, 0.2) is 72.1 Å². The number of aliphatic hydroxyl groups is 1. The number of hydrogen-bond donors (Lipinski definition) is 2. The first kappa shape index (κ1) is 29.2. The van der Waals surface area contributed by atoms with Crippen molar-refractivity contribution in [3.63, 3.8) is 0 Å². The van der Waals surface area contributed by atoms with Crippen LogP contribution in [-0.2, 0) is 20.4 Å². The molecule has 0 bridgehead atoms. The van der Waals surface area contributed by atoms with E-state index in [0.29, 0.717) is 23.5 Å². The third-order valence-electron chi connectivity index (χ3n) is 6.43. The van der Waals surface area contributed by atoms with Crippen LogP contribution in [0.3, 0.4) is 0 Å². The summed E-state index contributed by atoms with van der Waals surface area (Å²) in [5.74, 6) is 0.607. The van der Waals surface area contributed by atoms with Crippen molar-refractivity contribution < 1.29 is 32.5 Å². The van der Waals surface area contributed by atoms with Crippen molar-refractivity contribution in [1.82, 2.24) is 19.9 Å². The number of hydrogen-bond acceptors (Lipinski definition) is 11. The number of sulfonamides is 1. The molecule has 0 aliphatic carbocycles. The Kier molecular flexibility index (Phi) is 8.52. The van der Waals surface area contributed by atoms with Crippen LogP contribution in [0.25, 0.3) is 11.4 Å². The number of nitrogens with one attached hydrogen (secondary N) is 1. The summed E-state index contributed by atoms with van der Waals surface area (Å²) in [6, 6.07) is 13.1. The zero-order valence-electron chi connectivity index (χ0n) is 23.4. The number of nitrogens with zero attached hydrogens (tertiary/aromatic N) is 4. The number of ether oxygens (including phenoxy) is 4. The molecule has 1 aliphatic heterocycles.